The SMILES string of the molecule is Cl.O=C(NC(Cn1cnc2ccccc21)c1ccc(F)cc1)C1CNC1. The summed E-state index contributed by atoms with van der Waals surface area (Å²) in [5, 5.41) is 6.21. The molecule has 4 rings (SSSR count). The lowest BCUT2D eigenvalue weighted by Gasteiger charge is -2.29. The Balaban J connectivity index is 0.00000196. The van der Waals surface area contributed by atoms with Gasteiger partial charge in [-0.05, 0) is 29.8 Å². The molecule has 2 heterocycles. The number of imidazole rings is 1. The van der Waals surface area contributed by atoms with Gasteiger partial charge in [0.2, 0.25) is 5.91 Å². The second kappa shape index (κ2) is 7.85. The van der Waals surface area contributed by atoms with Crippen LogP contribution in [0.4, 0.5) is 4.39 Å². The van der Waals surface area contributed by atoms with Gasteiger partial charge in [0.1, 0.15) is 5.82 Å². The number of para-hydroxylation sites is 2. The van der Waals surface area contributed by atoms with Crippen molar-refractivity contribution in [1.29, 1.82) is 0 Å². The largest absolute Gasteiger partial charge is 0.347 e. The van der Waals surface area contributed by atoms with Gasteiger partial charge in [-0.3, -0.25) is 4.79 Å². The summed E-state index contributed by atoms with van der Waals surface area (Å²) < 4.78 is 15.3. The third-order valence-electron chi connectivity index (χ3n) is 4.65. The highest BCUT2D eigenvalue weighted by Crippen LogP contribution is 2.20. The van der Waals surface area contributed by atoms with Crippen molar-refractivity contribution < 1.29 is 9.18 Å². The molecule has 1 unspecified atom stereocenters. The Kier molecular flexibility index (Phi) is 5.54. The van der Waals surface area contributed by atoms with Crippen molar-refractivity contribution in [3.8, 4) is 0 Å². The van der Waals surface area contributed by atoms with E-state index >= 15 is 0 Å². The van der Waals surface area contributed by atoms with Crippen molar-refractivity contribution in [2.45, 2.75) is 12.6 Å². The molecular weight excluding hydrogens is 355 g/mol. The molecule has 0 saturated carbocycles. The molecule has 0 bridgehead atoms. The minimum Gasteiger partial charge on any atom is -0.347 e. The maximum absolute atomic E-state index is 13.3. The zero-order valence-corrected chi connectivity index (χ0v) is 14.9. The molecule has 2 aromatic carbocycles. The number of nitrogens with one attached hydrogen (secondary N) is 2. The van der Waals surface area contributed by atoms with Gasteiger partial charge in [0, 0.05) is 19.6 Å². The van der Waals surface area contributed by atoms with Gasteiger partial charge in [0.15, 0.2) is 0 Å². The first-order valence-electron chi connectivity index (χ1n) is 8.37. The molecule has 1 aromatic heterocycles. The van der Waals surface area contributed by atoms with Crippen LogP contribution >= 0.6 is 12.4 Å². The Morgan fingerprint density at radius 3 is 2.65 bits per heavy atom. The number of hydrogen-bond donors (Lipinski definition) is 2. The molecule has 1 aliphatic rings. The summed E-state index contributed by atoms with van der Waals surface area (Å²) in [5.74, 6) is -0.259. The van der Waals surface area contributed by atoms with Gasteiger partial charge in [-0.1, -0.05) is 24.3 Å². The highest BCUT2D eigenvalue weighted by Gasteiger charge is 2.27. The lowest BCUT2D eigenvalue weighted by atomic mass is 10.0. The second-order valence-electron chi connectivity index (χ2n) is 6.35. The predicted octanol–water partition coefficient (Wildman–Crippen LogP) is 2.67. The van der Waals surface area contributed by atoms with E-state index in [9.17, 15) is 9.18 Å². The van der Waals surface area contributed by atoms with Crippen molar-refractivity contribution in [2.75, 3.05) is 13.1 Å². The molecule has 1 atom stereocenters. The second-order valence-corrected chi connectivity index (χ2v) is 6.35. The Morgan fingerprint density at radius 1 is 1.23 bits per heavy atom. The third kappa shape index (κ3) is 3.71. The van der Waals surface area contributed by atoms with E-state index in [0.717, 1.165) is 16.6 Å². The number of fused-ring (bicyclic) bond motifs is 1. The number of nitrogens with zero attached hydrogens (tertiary/aromatic N) is 2. The first kappa shape index (κ1) is 18.4. The highest BCUT2D eigenvalue weighted by molar-refractivity contribution is 5.85. The number of amides is 1. The van der Waals surface area contributed by atoms with Gasteiger partial charge < -0.3 is 15.2 Å². The number of aromatic nitrogens is 2. The number of halogens is 2. The topological polar surface area (TPSA) is 59.0 Å². The van der Waals surface area contributed by atoms with Crippen LogP contribution in [0.2, 0.25) is 0 Å². The zero-order chi connectivity index (χ0) is 17.2. The molecule has 1 amide bonds. The lowest BCUT2D eigenvalue weighted by Crippen LogP contribution is -2.51. The van der Waals surface area contributed by atoms with E-state index < -0.39 is 0 Å². The van der Waals surface area contributed by atoms with Gasteiger partial charge >= 0.3 is 0 Å². The molecule has 7 heteroatoms. The third-order valence-corrected chi connectivity index (χ3v) is 4.65. The van der Waals surface area contributed by atoms with Gasteiger partial charge in [0.25, 0.3) is 0 Å². The average Bonchev–Trinajstić information content (AvgIpc) is 2.97. The smallest absolute Gasteiger partial charge is 0.226 e. The molecule has 136 valence electrons. The van der Waals surface area contributed by atoms with Crippen LogP contribution in [0.3, 0.4) is 0 Å². The summed E-state index contributed by atoms with van der Waals surface area (Å²) in [5.41, 5.74) is 2.80. The monoisotopic (exact) mass is 374 g/mol. The van der Waals surface area contributed by atoms with Crippen LogP contribution in [0.1, 0.15) is 11.6 Å². The summed E-state index contributed by atoms with van der Waals surface area (Å²) >= 11 is 0. The molecular formula is C19H20ClFN4O. The highest BCUT2D eigenvalue weighted by atomic mass is 35.5. The van der Waals surface area contributed by atoms with Crippen molar-refractivity contribution in [1.82, 2.24) is 20.2 Å². The molecule has 5 nitrogen and oxygen atoms in total. The lowest BCUT2D eigenvalue weighted by molar-refractivity contribution is -0.127. The fourth-order valence-electron chi connectivity index (χ4n) is 3.05. The van der Waals surface area contributed by atoms with Crippen molar-refractivity contribution >= 4 is 29.3 Å². The maximum Gasteiger partial charge on any atom is 0.226 e. The Hall–Kier alpha value is -2.44. The van der Waals surface area contributed by atoms with E-state index in [1.165, 1.54) is 12.1 Å². The summed E-state index contributed by atoms with van der Waals surface area (Å²) in [6.45, 7) is 1.95. The van der Waals surface area contributed by atoms with E-state index in [1.54, 1.807) is 18.5 Å². The minimum atomic E-state index is -0.287. The van der Waals surface area contributed by atoms with Crippen LogP contribution in [0.5, 0.6) is 0 Å². The summed E-state index contributed by atoms with van der Waals surface area (Å²) in [7, 11) is 0. The van der Waals surface area contributed by atoms with Crippen LogP contribution in [0.15, 0.2) is 54.9 Å². The van der Waals surface area contributed by atoms with Crippen LogP contribution in [-0.4, -0.2) is 28.5 Å². The summed E-state index contributed by atoms with van der Waals surface area (Å²) in [4.78, 5) is 16.8. The van der Waals surface area contributed by atoms with Gasteiger partial charge in [-0.15, -0.1) is 12.4 Å². The standard InChI is InChI=1S/C19H19FN4O.ClH/c20-15-7-5-13(6-8-15)17(23-19(25)14-9-21-10-14)11-24-12-22-16-3-1-2-4-18(16)24;/h1-8,12,14,17,21H,9-11H2,(H,23,25);1H. The number of hydrogen-bond acceptors (Lipinski definition) is 3. The van der Waals surface area contributed by atoms with Gasteiger partial charge in [-0.25, -0.2) is 9.37 Å². The molecule has 0 aliphatic carbocycles. The van der Waals surface area contributed by atoms with E-state index in [-0.39, 0.29) is 36.1 Å². The maximum atomic E-state index is 13.3. The molecule has 26 heavy (non-hydrogen) atoms. The predicted molar refractivity (Wildman–Crippen MR) is 101 cm³/mol. The van der Waals surface area contributed by atoms with E-state index in [0.29, 0.717) is 19.6 Å². The summed E-state index contributed by atoms with van der Waals surface area (Å²) in [6, 6.07) is 13.9. The summed E-state index contributed by atoms with van der Waals surface area (Å²) in [6.07, 6.45) is 1.78. The number of carbonyl (C=O) groups excluding carboxylic acids is 1. The number of rotatable bonds is 5. The molecule has 1 aliphatic heterocycles. The average molecular weight is 375 g/mol. The van der Waals surface area contributed by atoms with Crippen molar-refractivity contribution in [3.63, 3.8) is 0 Å². The van der Waals surface area contributed by atoms with Gasteiger partial charge in [-0.2, -0.15) is 0 Å². The van der Waals surface area contributed by atoms with Crippen LogP contribution in [-0.2, 0) is 11.3 Å². The zero-order valence-electron chi connectivity index (χ0n) is 14.1. The normalized spacial score (nSPS) is 15.1. The van der Waals surface area contributed by atoms with Crippen molar-refractivity contribution in [2.24, 2.45) is 5.92 Å². The van der Waals surface area contributed by atoms with Crippen LogP contribution < -0.4 is 10.6 Å². The molecule has 0 spiro atoms. The Labute approximate surface area is 157 Å². The fraction of sp³-hybridized carbons (Fsp3) is 0.263. The van der Waals surface area contributed by atoms with Gasteiger partial charge in [0.05, 0.1) is 29.3 Å². The molecule has 2 N–H and O–H groups in total. The quantitative estimate of drug-likeness (QED) is 0.722. The number of benzene rings is 2. The van der Waals surface area contributed by atoms with E-state index in [1.807, 2.05) is 28.8 Å². The molecule has 0 radical (unpaired) electrons. The molecule has 1 fully saturated rings. The van der Waals surface area contributed by atoms with Crippen molar-refractivity contribution in [3.05, 3.63) is 66.2 Å². The fourth-order valence-corrected chi connectivity index (χ4v) is 3.05. The minimum absolute atomic E-state index is 0. The molecule has 3 aromatic rings. The van der Waals surface area contributed by atoms with Crippen LogP contribution in [0, 0.1) is 11.7 Å². The molecule has 1 saturated heterocycles. The Morgan fingerprint density at radius 2 is 1.96 bits per heavy atom. The number of carbonyl (C=O) groups is 1. The first-order chi connectivity index (χ1) is 12.2. The van der Waals surface area contributed by atoms with E-state index in [2.05, 4.69) is 15.6 Å². The van der Waals surface area contributed by atoms with Crippen LogP contribution in [0.25, 0.3) is 11.0 Å². The van der Waals surface area contributed by atoms with E-state index in [4.69, 9.17) is 0 Å². The first-order valence-corrected chi connectivity index (χ1v) is 8.37. The Bertz CT molecular complexity index is 892.